The molecule has 1 heterocycles. The highest BCUT2D eigenvalue weighted by atomic mass is 32.2. The lowest BCUT2D eigenvalue weighted by Gasteiger charge is -2.29. The van der Waals surface area contributed by atoms with E-state index in [2.05, 4.69) is 4.72 Å². The molecule has 0 aromatic carbocycles. The number of rotatable bonds is 4. The van der Waals surface area contributed by atoms with Crippen LogP contribution in [0.3, 0.4) is 0 Å². The van der Waals surface area contributed by atoms with Crippen LogP contribution in [0.1, 0.15) is 19.8 Å². The first-order valence-corrected chi connectivity index (χ1v) is 5.35. The standard InChI is InChI=1S/C6H14N2O2S/c1-2-4-7-11(9,10)8-5-3-6-8/h7H,2-6H2,1H3. The van der Waals surface area contributed by atoms with Crippen molar-refractivity contribution >= 4 is 10.2 Å². The molecule has 0 aliphatic carbocycles. The molecule has 1 rings (SSSR count). The summed E-state index contributed by atoms with van der Waals surface area (Å²) in [6.07, 6.45) is 1.83. The van der Waals surface area contributed by atoms with E-state index in [-0.39, 0.29) is 0 Å². The Morgan fingerprint density at radius 2 is 2.09 bits per heavy atom. The average Bonchev–Trinajstić information content (AvgIpc) is 1.78. The van der Waals surface area contributed by atoms with Crippen molar-refractivity contribution in [2.75, 3.05) is 19.6 Å². The highest BCUT2D eigenvalue weighted by Gasteiger charge is 2.26. The molecule has 0 aromatic heterocycles. The van der Waals surface area contributed by atoms with Crippen LogP contribution in [0.2, 0.25) is 0 Å². The molecular weight excluding hydrogens is 164 g/mol. The molecule has 4 nitrogen and oxygen atoms in total. The van der Waals surface area contributed by atoms with E-state index in [4.69, 9.17) is 0 Å². The van der Waals surface area contributed by atoms with Gasteiger partial charge in [0.2, 0.25) is 0 Å². The third-order valence-corrected chi connectivity index (χ3v) is 3.30. The van der Waals surface area contributed by atoms with Crippen molar-refractivity contribution in [3.05, 3.63) is 0 Å². The molecule has 0 aromatic rings. The fourth-order valence-corrected chi connectivity index (χ4v) is 2.23. The van der Waals surface area contributed by atoms with E-state index in [1.807, 2.05) is 6.92 Å². The van der Waals surface area contributed by atoms with Gasteiger partial charge in [0.25, 0.3) is 10.2 Å². The fourth-order valence-electron chi connectivity index (χ4n) is 0.850. The van der Waals surface area contributed by atoms with E-state index in [0.29, 0.717) is 19.6 Å². The third kappa shape index (κ3) is 2.15. The lowest BCUT2D eigenvalue weighted by atomic mass is 10.3. The Morgan fingerprint density at radius 3 is 2.45 bits per heavy atom. The molecule has 1 saturated heterocycles. The molecule has 0 amide bonds. The first kappa shape index (κ1) is 8.96. The lowest BCUT2D eigenvalue weighted by molar-refractivity contribution is 0.304. The highest BCUT2D eigenvalue weighted by molar-refractivity contribution is 7.87. The molecule has 0 bridgehead atoms. The van der Waals surface area contributed by atoms with Crippen molar-refractivity contribution in [3.8, 4) is 0 Å². The highest BCUT2D eigenvalue weighted by Crippen LogP contribution is 2.09. The number of hydrogen-bond acceptors (Lipinski definition) is 2. The molecule has 1 fully saturated rings. The summed E-state index contributed by atoms with van der Waals surface area (Å²) >= 11 is 0. The molecule has 0 saturated carbocycles. The summed E-state index contributed by atoms with van der Waals surface area (Å²) in [6, 6.07) is 0. The van der Waals surface area contributed by atoms with Gasteiger partial charge in [0.05, 0.1) is 0 Å². The van der Waals surface area contributed by atoms with Gasteiger partial charge in [-0.05, 0) is 12.8 Å². The molecule has 1 aliphatic rings. The molecule has 66 valence electrons. The number of nitrogens with one attached hydrogen (secondary N) is 1. The number of hydrogen-bond donors (Lipinski definition) is 1. The van der Waals surface area contributed by atoms with E-state index >= 15 is 0 Å². The second kappa shape index (κ2) is 3.51. The molecule has 11 heavy (non-hydrogen) atoms. The quantitative estimate of drug-likeness (QED) is 0.655. The molecule has 0 unspecified atom stereocenters. The summed E-state index contributed by atoms with van der Waals surface area (Å²) in [7, 11) is -3.10. The Labute approximate surface area is 67.8 Å². The largest absolute Gasteiger partial charge is 0.279 e. The van der Waals surface area contributed by atoms with Gasteiger partial charge >= 0.3 is 0 Å². The van der Waals surface area contributed by atoms with Crippen LogP contribution in [0.4, 0.5) is 0 Å². The summed E-state index contributed by atoms with van der Waals surface area (Å²) in [5.41, 5.74) is 0. The fraction of sp³-hybridized carbons (Fsp3) is 1.00. The third-order valence-electron chi connectivity index (χ3n) is 1.69. The Bertz CT molecular complexity index is 209. The lowest BCUT2D eigenvalue weighted by Crippen LogP contribution is -2.48. The first-order valence-electron chi connectivity index (χ1n) is 3.91. The monoisotopic (exact) mass is 178 g/mol. The summed E-state index contributed by atoms with van der Waals surface area (Å²) in [5, 5.41) is 0. The van der Waals surface area contributed by atoms with Gasteiger partial charge in [0.1, 0.15) is 0 Å². The minimum atomic E-state index is -3.10. The van der Waals surface area contributed by atoms with Crippen molar-refractivity contribution in [2.45, 2.75) is 19.8 Å². The second-order valence-corrected chi connectivity index (χ2v) is 4.41. The van der Waals surface area contributed by atoms with Gasteiger partial charge in [-0.15, -0.1) is 0 Å². The zero-order chi connectivity index (χ0) is 8.32. The summed E-state index contributed by atoms with van der Waals surface area (Å²) in [4.78, 5) is 0. The molecular formula is C6H14N2O2S. The first-order chi connectivity index (χ1) is 5.17. The van der Waals surface area contributed by atoms with Crippen molar-refractivity contribution in [2.24, 2.45) is 0 Å². The van der Waals surface area contributed by atoms with Crippen LogP contribution in [0.25, 0.3) is 0 Å². The van der Waals surface area contributed by atoms with Gasteiger partial charge in [-0.25, -0.2) is 4.72 Å². The predicted octanol–water partition coefficient (Wildman–Crippen LogP) is -0.0635. The summed E-state index contributed by atoms with van der Waals surface area (Å²) < 4.78 is 26.3. The molecule has 1 N–H and O–H groups in total. The van der Waals surface area contributed by atoms with Crippen molar-refractivity contribution in [1.29, 1.82) is 0 Å². The van der Waals surface area contributed by atoms with Crippen molar-refractivity contribution in [3.63, 3.8) is 0 Å². The summed E-state index contributed by atoms with van der Waals surface area (Å²) in [5.74, 6) is 0. The van der Waals surface area contributed by atoms with E-state index in [9.17, 15) is 8.42 Å². The van der Waals surface area contributed by atoms with Crippen LogP contribution < -0.4 is 4.72 Å². The van der Waals surface area contributed by atoms with Gasteiger partial charge in [0, 0.05) is 19.6 Å². The van der Waals surface area contributed by atoms with E-state index in [1.165, 1.54) is 4.31 Å². The Hall–Kier alpha value is -0.130. The maximum absolute atomic E-state index is 11.2. The van der Waals surface area contributed by atoms with Gasteiger partial charge in [-0.2, -0.15) is 12.7 Å². The van der Waals surface area contributed by atoms with E-state index < -0.39 is 10.2 Å². The molecule has 5 heteroatoms. The Morgan fingerprint density at radius 1 is 1.45 bits per heavy atom. The molecule has 0 atom stereocenters. The average molecular weight is 178 g/mol. The van der Waals surface area contributed by atoms with Crippen LogP contribution in [-0.4, -0.2) is 32.4 Å². The Kier molecular flexibility index (Phi) is 2.86. The van der Waals surface area contributed by atoms with Crippen LogP contribution in [0.15, 0.2) is 0 Å². The van der Waals surface area contributed by atoms with Crippen LogP contribution in [0.5, 0.6) is 0 Å². The smallest absolute Gasteiger partial charge is 0.202 e. The van der Waals surface area contributed by atoms with Gasteiger partial charge < -0.3 is 0 Å². The zero-order valence-electron chi connectivity index (χ0n) is 6.71. The van der Waals surface area contributed by atoms with Crippen molar-refractivity contribution in [1.82, 2.24) is 9.03 Å². The van der Waals surface area contributed by atoms with Crippen LogP contribution in [-0.2, 0) is 10.2 Å². The number of nitrogens with zero attached hydrogens (tertiary/aromatic N) is 1. The molecule has 0 radical (unpaired) electrons. The van der Waals surface area contributed by atoms with E-state index in [1.54, 1.807) is 0 Å². The molecule has 1 aliphatic heterocycles. The van der Waals surface area contributed by atoms with E-state index in [0.717, 1.165) is 12.8 Å². The maximum Gasteiger partial charge on any atom is 0.279 e. The normalized spacial score (nSPS) is 19.7. The second-order valence-electron chi connectivity index (χ2n) is 2.65. The Balaban J connectivity index is 2.39. The van der Waals surface area contributed by atoms with Gasteiger partial charge in [-0.3, -0.25) is 0 Å². The van der Waals surface area contributed by atoms with Gasteiger partial charge in [0.15, 0.2) is 0 Å². The minimum absolute atomic E-state index is 0.541. The van der Waals surface area contributed by atoms with Crippen LogP contribution in [0, 0.1) is 0 Å². The predicted molar refractivity (Wildman–Crippen MR) is 43.4 cm³/mol. The van der Waals surface area contributed by atoms with Crippen molar-refractivity contribution < 1.29 is 8.42 Å². The summed E-state index contributed by atoms with van der Waals surface area (Å²) in [6.45, 7) is 3.84. The maximum atomic E-state index is 11.2. The van der Waals surface area contributed by atoms with Crippen LogP contribution >= 0.6 is 0 Å². The minimum Gasteiger partial charge on any atom is -0.202 e. The van der Waals surface area contributed by atoms with Gasteiger partial charge in [-0.1, -0.05) is 6.92 Å². The topological polar surface area (TPSA) is 49.4 Å². The zero-order valence-corrected chi connectivity index (χ0v) is 7.52. The molecule has 0 spiro atoms. The SMILES string of the molecule is CCCNS(=O)(=O)N1CCC1.